The lowest BCUT2D eigenvalue weighted by atomic mass is 9.62. The van der Waals surface area contributed by atoms with Crippen molar-refractivity contribution < 1.29 is 8.78 Å². The number of hydrogen-bond donors (Lipinski definition) is 0. The molecule has 4 atom stereocenters. The van der Waals surface area contributed by atoms with Crippen LogP contribution in [0.15, 0.2) is 0 Å². The summed E-state index contributed by atoms with van der Waals surface area (Å²) in [5, 5.41) is 0. The van der Waals surface area contributed by atoms with Crippen molar-refractivity contribution in [3.63, 3.8) is 0 Å². The lowest BCUT2D eigenvalue weighted by Crippen LogP contribution is -2.46. The first-order chi connectivity index (χ1) is 6.54. The van der Waals surface area contributed by atoms with Crippen molar-refractivity contribution in [3.05, 3.63) is 0 Å². The Morgan fingerprint density at radius 1 is 1.14 bits per heavy atom. The summed E-state index contributed by atoms with van der Waals surface area (Å²) in [6.07, 6.45) is 4.13. The van der Waals surface area contributed by atoms with Gasteiger partial charge in [0.05, 0.1) is 0 Å². The Kier molecular flexibility index (Phi) is 2.57. The van der Waals surface area contributed by atoms with Gasteiger partial charge in [0.25, 0.3) is 5.92 Å². The molecular formula is C12H20F2. The van der Waals surface area contributed by atoms with Crippen molar-refractivity contribution in [2.24, 2.45) is 23.7 Å². The summed E-state index contributed by atoms with van der Waals surface area (Å²) in [5.74, 6) is -1.91. The highest BCUT2D eigenvalue weighted by molar-refractivity contribution is 4.95. The smallest absolute Gasteiger partial charge is 0.206 e. The molecule has 2 aliphatic rings. The normalized spacial score (nSPS) is 46.3. The maximum absolute atomic E-state index is 13.9. The Morgan fingerprint density at radius 2 is 1.86 bits per heavy atom. The van der Waals surface area contributed by atoms with Crippen molar-refractivity contribution in [1.82, 2.24) is 0 Å². The molecule has 82 valence electrons. The van der Waals surface area contributed by atoms with Crippen LogP contribution in [0.3, 0.4) is 0 Å². The molecule has 0 heterocycles. The van der Waals surface area contributed by atoms with Crippen LogP contribution < -0.4 is 0 Å². The van der Waals surface area contributed by atoms with E-state index in [0.29, 0.717) is 18.3 Å². The van der Waals surface area contributed by atoms with Gasteiger partial charge in [-0.3, -0.25) is 0 Å². The minimum Gasteiger partial charge on any atom is -0.206 e. The second-order valence-corrected chi connectivity index (χ2v) is 5.39. The summed E-state index contributed by atoms with van der Waals surface area (Å²) >= 11 is 0. The summed E-state index contributed by atoms with van der Waals surface area (Å²) in [6.45, 7) is 4.03. The molecule has 0 N–H and O–H groups in total. The summed E-state index contributed by atoms with van der Waals surface area (Å²) in [6, 6.07) is 0. The molecule has 0 aromatic carbocycles. The number of hydrogen-bond acceptors (Lipinski definition) is 0. The Bertz CT molecular complexity index is 210. The molecule has 0 nitrogen and oxygen atoms in total. The van der Waals surface area contributed by atoms with Gasteiger partial charge in [-0.15, -0.1) is 0 Å². The first kappa shape index (κ1) is 10.4. The van der Waals surface area contributed by atoms with Crippen molar-refractivity contribution in [3.8, 4) is 0 Å². The van der Waals surface area contributed by atoms with E-state index in [2.05, 4.69) is 6.92 Å². The van der Waals surface area contributed by atoms with Gasteiger partial charge in [0, 0.05) is 11.8 Å². The Balaban J connectivity index is 2.16. The van der Waals surface area contributed by atoms with Gasteiger partial charge in [-0.05, 0) is 43.9 Å². The van der Waals surface area contributed by atoms with Gasteiger partial charge in [-0.25, -0.2) is 8.78 Å². The van der Waals surface area contributed by atoms with E-state index < -0.39 is 5.92 Å². The summed E-state index contributed by atoms with van der Waals surface area (Å²) in [7, 11) is 0. The zero-order chi connectivity index (χ0) is 10.3. The molecule has 2 fully saturated rings. The van der Waals surface area contributed by atoms with E-state index in [-0.39, 0.29) is 11.8 Å². The molecule has 2 aliphatic carbocycles. The van der Waals surface area contributed by atoms with Gasteiger partial charge in [0.1, 0.15) is 0 Å². The highest BCUT2D eigenvalue weighted by Crippen LogP contribution is 2.53. The molecule has 0 aromatic rings. The van der Waals surface area contributed by atoms with E-state index in [1.54, 1.807) is 0 Å². The topological polar surface area (TPSA) is 0 Å². The molecule has 0 amide bonds. The number of alkyl halides is 2. The molecule has 0 aromatic heterocycles. The van der Waals surface area contributed by atoms with Gasteiger partial charge >= 0.3 is 0 Å². The lowest BCUT2D eigenvalue weighted by Gasteiger charge is -2.46. The predicted molar refractivity (Wildman–Crippen MR) is 53.3 cm³/mol. The van der Waals surface area contributed by atoms with Crippen molar-refractivity contribution in [1.29, 1.82) is 0 Å². The number of rotatable bonds is 1. The van der Waals surface area contributed by atoms with E-state index in [1.165, 1.54) is 6.42 Å². The lowest BCUT2D eigenvalue weighted by molar-refractivity contribution is -0.163. The number of halogens is 2. The molecule has 0 radical (unpaired) electrons. The van der Waals surface area contributed by atoms with Gasteiger partial charge in [-0.2, -0.15) is 0 Å². The first-order valence-corrected chi connectivity index (χ1v) is 5.91. The molecule has 0 spiro atoms. The summed E-state index contributed by atoms with van der Waals surface area (Å²) in [4.78, 5) is 0. The third-order valence-corrected chi connectivity index (χ3v) is 4.24. The highest BCUT2D eigenvalue weighted by atomic mass is 19.3. The van der Waals surface area contributed by atoms with Crippen molar-refractivity contribution in [2.45, 2.75) is 51.9 Å². The first-order valence-electron chi connectivity index (χ1n) is 5.91. The Labute approximate surface area is 85.1 Å². The quantitative estimate of drug-likeness (QED) is 0.600. The number of fused-ring (bicyclic) bond motifs is 2. The molecular weight excluding hydrogens is 182 g/mol. The fourth-order valence-corrected chi connectivity index (χ4v) is 3.58. The van der Waals surface area contributed by atoms with Crippen molar-refractivity contribution in [2.75, 3.05) is 0 Å². The van der Waals surface area contributed by atoms with Crippen LogP contribution in [-0.4, -0.2) is 5.92 Å². The average molecular weight is 202 g/mol. The summed E-state index contributed by atoms with van der Waals surface area (Å²) < 4.78 is 27.8. The van der Waals surface area contributed by atoms with E-state index in [1.807, 2.05) is 6.92 Å². The fourth-order valence-electron chi connectivity index (χ4n) is 3.58. The van der Waals surface area contributed by atoms with E-state index in [9.17, 15) is 8.78 Å². The Morgan fingerprint density at radius 3 is 2.50 bits per heavy atom. The van der Waals surface area contributed by atoms with Gasteiger partial charge < -0.3 is 0 Å². The SMILES string of the molecule is CCC1CC2CC(C)CC(C2)C1(F)F. The molecule has 0 aliphatic heterocycles. The van der Waals surface area contributed by atoms with Gasteiger partial charge in [0.2, 0.25) is 0 Å². The van der Waals surface area contributed by atoms with Crippen LogP contribution in [0.4, 0.5) is 8.78 Å². The second-order valence-electron chi connectivity index (χ2n) is 5.39. The Hall–Kier alpha value is -0.140. The molecule has 2 rings (SSSR count). The third-order valence-electron chi connectivity index (χ3n) is 4.24. The van der Waals surface area contributed by atoms with Crippen molar-refractivity contribution >= 4 is 0 Å². The van der Waals surface area contributed by atoms with E-state index >= 15 is 0 Å². The van der Waals surface area contributed by atoms with Crippen LogP contribution >= 0.6 is 0 Å². The van der Waals surface area contributed by atoms with Gasteiger partial charge in [-0.1, -0.05) is 13.8 Å². The second kappa shape index (κ2) is 3.46. The van der Waals surface area contributed by atoms with Crippen LogP contribution in [0.1, 0.15) is 46.0 Å². The minimum atomic E-state index is -2.38. The summed E-state index contributed by atoms with van der Waals surface area (Å²) in [5.41, 5.74) is 0. The average Bonchev–Trinajstić information content (AvgIpc) is 2.11. The molecule has 14 heavy (non-hydrogen) atoms. The minimum absolute atomic E-state index is 0.310. The third kappa shape index (κ3) is 1.57. The molecule has 2 heteroatoms. The van der Waals surface area contributed by atoms with E-state index in [0.717, 1.165) is 19.3 Å². The molecule has 0 saturated heterocycles. The van der Waals surface area contributed by atoms with Gasteiger partial charge in [0.15, 0.2) is 0 Å². The maximum atomic E-state index is 13.9. The van der Waals surface area contributed by atoms with Crippen LogP contribution in [0.25, 0.3) is 0 Å². The standard InChI is InChI=1S/C12H20F2/c1-3-10-6-9-4-8(2)5-11(7-9)12(10,13)14/h8-11H,3-7H2,1-2H3. The monoisotopic (exact) mass is 202 g/mol. The zero-order valence-electron chi connectivity index (χ0n) is 9.10. The molecule has 2 saturated carbocycles. The fraction of sp³-hybridized carbons (Fsp3) is 1.00. The van der Waals surface area contributed by atoms with Crippen LogP contribution in [0, 0.1) is 23.7 Å². The van der Waals surface area contributed by atoms with E-state index in [4.69, 9.17) is 0 Å². The van der Waals surface area contributed by atoms with Crippen LogP contribution in [0.5, 0.6) is 0 Å². The largest absolute Gasteiger partial charge is 0.253 e. The predicted octanol–water partition coefficient (Wildman–Crippen LogP) is 4.10. The van der Waals surface area contributed by atoms with Crippen LogP contribution in [-0.2, 0) is 0 Å². The zero-order valence-corrected chi connectivity index (χ0v) is 9.10. The highest BCUT2D eigenvalue weighted by Gasteiger charge is 2.52. The molecule has 4 unspecified atom stereocenters. The maximum Gasteiger partial charge on any atom is 0.253 e. The molecule has 2 bridgehead atoms. The van der Waals surface area contributed by atoms with Crippen LogP contribution in [0.2, 0.25) is 0 Å².